The number of amides is 1. The minimum atomic E-state index is -0.351. The van der Waals surface area contributed by atoms with Crippen LogP contribution in [0.4, 0.5) is 5.69 Å². The van der Waals surface area contributed by atoms with Crippen LogP contribution in [-0.4, -0.2) is 55.7 Å². The Morgan fingerprint density at radius 3 is 1.49 bits per heavy atom. The van der Waals surface area contributed by atoms with Crippen LogP contribution in [0.5, 0.6) is 40.2 Å². The molecule has 1 amide bonds. The van der Waals surface area contributed by atoms with Crippen LogP contribution >= 0.6 is 0 Å². The van der Waals surface area contributed by atoms with Crippen LogP contribution in [0, 0.1) is 0 Å². The van der Waals surface area contributed by atoms with E-state index < -0.39 is 0 Å². The molecule has 0 aliphatic carbocycles. The molecule has 9 heteroatoms. The number of methoxy groups -OCH3 is 7. The van der Waals surface area contributed by atoms with E-state index in [0.717, 1.165) is 11.1 Å². The van der Waals surface area contributed by atoms with E-state index in [0.29, 0.717) is 51.5 Å². The van der Waals surface area contributed by atoms with Crippen LogP contribution in [-0.2, 0) is 4.79 Å². The number of benzene rings is 3. The lowest BCUT2D eigenvalue weighted by Crippen LogP contribution is -2.10. The van der Waals surface area contributed by atoms with E-state index in [2.05, 4.69) is 5.32 Å². The Balaban J connectivity index is 1.90. The van der Waals surface area contributed by atoms with Crippen molar-refractivity contribution < 1.29 is 38.0 Å². The smallest absolute Gasteiger partial charge is 0.248 e. The van der Waals surface area contributed by atoms with Crippen molar-refractivity contribution in [3.8, 4) is 40.2 Å². The van der Waals surface area contributed by atoms with Gasteiger partial charge in [0.1, 0.15) is 5.75 Å². The summed E-state index contributed by atoms with van der Waals surface area (Å²) in [5.41, 5.74) is 2.76. The quantitative estimate of drug-likeness (QED) is 0.238. The third kappa shape index (κ3) is 6.75. The first kappa shape index (κ1) is 28.8. The first-order valence-corrected chi connectivity index (χ1v) is 11.9. The largest absolute Gasteiger partial charge is 0.495 e. The highest BCUT2D eigenvalue weighted by molar-refractivity contribution is 6.04. The molecule has 0 spiro atoms. The Labute approximate surface area is 228 Å². The van der Waals surface area contributed by atoms with Crippen molar-refractivity contribution in [3.63, 3.8) is 0 Å². The van der Waals surface area contributed by atoms with Crippen LogP contribution in [0.25, 0.3) is 18.2 Å². The molecule has 0 saturated carbocycles. The van der Waals surface area contributed by atoms with Crippen molar-refractivity contribution in [3.05, 3.63) is 65.2 Å². The maximum absolute atomic E-state index is 12.9. The van der Waals surface area contributed by atoms with Gasteiger partial charge in [-0.25, -0.2) is 0 Å². The van der Waals surface area contributed by atoms with E-state index >= 15 is 0 Å². The highest BCUT2D eigenvalue weighted by Crippen LogP contribution is 2.40. The Kier molecular flexibility index (Phi) is 10.1. The number of ether oxygens (including phenoxy) is 7. The molecule has 9 nitrogen and oxygen atoms in total. The molecule has 3 rings (SSSR count). The van der Waals surface area contributed by atoms with Crippen molar-refractivity contribution in [1.29, 1.82) is 0 Å². The van der Waals surface area contributed by atoms with Crippen LogP contribution in [0.2, 0.25) is 0 Å². The van der Waals surface area contributed by atoms with E-state index in [4.69, 9.17) is 33.2 Å². The number of anilines is 1. The normalized spacial score (nSPS) is 10.8. The van der Waals surface area contributed by atoms with Gasteiger partial charge in [-0.3, -0.25) is 4.79 Å². The first-order valence-electron chi connectivity index (χ1n) is 11.9. The lowest BCUT2D eigenvalue weighted by molar-refractivity contribution is -0.111. The molecule has 0 heterocycles. The summed E-state index contributed by atoms with van der Waals surface area (Å²) in [4.78, 5) is 12.9. The van der Waals surface area contributed by atoms with Crippen LogP contribution in [0.1, 0.15) is 16.7 Å². The van der Waals surface area contributed by atoms with Gasteiger partial charge in [0.15, 0.2) is 23.0 Å². The summed E-state index contributed by atoms with van der Waals surface area (Å²) in [7, 11) is 10.8. The van der Waals surface area contributed by atoms with Gasteiger partial charge in [0.05, 0.1) is 55.5 Å². The second-order valence-electron chi connectivity index (χ2n) is 8.00. The summed E-state index contributed by atoms with van der Waals surface area (Å²) in [6, 6.07) is 12.6. The van der Waals surface area contributed by atoms with Crippen LogP contribution in [0.15, 0.2) is 48.5 Å². The van der Waals surface area contributed by atoms with Gasteiger partial charge < -0.3 is 38.5 Å². The molecule has 0 aromatic heterocycles. The third-order valence-electron chi connectivity index (χ3n) is 5.78. The standard InChI is InChI=1S/C30H33NO8/c1-33-22-10-8-9-21(13-11-19-15-23(34-2)29(38-6)24(16-19)35-3)28(22)31-27(32)14-12-20-17-25(36-4)30(39-7)26(18-20)37-5/h8-18H,1-7H3,(H,31,32)/b13-11+,14-12+. The van der Waals surface area contributed by atoms with Gasteiger partial charge in [-0.05, 0) is 47.5 Å². The van der Waals surface area contributed by atoms with Gasteiger partial charge in [-0.2, -0.15) is 0 Å². The monoisotopic (exact) mass is 535 g/mol. The summed E-state index contributed by atoms with van der Waals surface area (Å²) < 4.78 is 37.9. The molecule has 0 saturated heterocycles. The van der Waals surface area contributed by atoms with Gasteiger partial charge in [0, 0.05) is 11.6 Å². The zero-order chi connectivity index (χ0) is 28.4. The highest BCUT2D eigenvalue weighted by atomic mass is 16.5. The molecule has 1 N–H and O–H groups in total. The number of para-hydroxylation sites is 1. The average molecular weight is 536 g/mol. The van der Waals surface area contributed by atoms with Crippen molar-refractivity contribution >= 4 is 29.8 Å². The lowest BCUT2D eigenvalue weighted by atomic mass is 10.1. The van der Waals surface area contributed by atoms with E-state index in [1.54, 1.807) is 52.7 Å². The topological polar surface area (TPSA) is 93.7 Å². The number of hydrogen-bond acceptors (Lipinski definition) is 8. The average Bonchev–Trinajstić information content (AvgIpc) is 2.97. The van der Waals surface area contributed by atoms with Crippen molar-refractivity contribution in [1.82, 2.24) is 0 Å². The molecule has 0 aliphatic rings. The maximum atomic E-state index is 12.9. The van der Waals surface area contributed by atoms with Crippen molar-refractivity contribution in [2.75, 3.05) is 55.1 Å². The van der Waals surface area contributed by atoms with E-state index in [1.807, 2.05) is 36.4 Å². The lowest BCUT2D eigenvalue weighted by Gasteiger charge is -2.14. The van der Waals surface area contributed by atoms with Crippen LogP contribution < -0.4 is 38.5 Å². The van der Waals surface area contributed by atoms with Gasteiger partial charge in [0.25, 0.3) is 0 Å². The summed E-state index contributed by atoms with van der Waals surface area (Å²) in [6.07, 6.45) is 6.81. The molecule has 0 radical (unpaired) electrons. The van der Waals surface area contributed by atoms with Crippen molar-refractivity contribution in [2.45, 2.75) is 0 Å². The first-order chi connectivity index (χ1) is 18.9. The fraction of sp³-hybridized carbons (Fsp3) is 0.233. The molecule has 206 valence electrons. The minimum absolute atomic E-state index is 0.351. The van der Waals surface area contributed by atoms with E-state index in [1.165, 1.54) is 27.4 Å². The zero-order valence-corrected chi connectivity index (χ0v) is 23.1. The van der Waals surface area contributed by atoms with Crippen LogP contribution in [0.3, 0.4) is 0 Å². The summed E-state index contributed by atoms with van der Waals surface area (Å²) in [6.45, 7) is 0. The molecule has 0 fully saturated rings. The summed E-state index contributed by atoms with van der Waals surface area (Å²) in [5, 5.41) is 2.92. The third-order valence-corrected chi connectivity index (χ3v) is 5.78. The maximum Gasteiger partial charge on any atom is 0.248 e. The molecule has 0 unspecified atom stereocenters. The van der Waals surface area contributed by atoms with Gasteiger partial charge in [-0.1, -0.05) is 24.3 Å². The molecular weight excluding hydrogens is 502 g/mol. The number of hydrogen-bond donors (Lipinski definition) is 1. The van der Waals surface area contributed by atoms with Gasteiger partial charge in [-0.15, -0.1) is 0 Å². The van der Waals surface area contributed by atoms with Gasteiger partial charge in [0.2, 0.25) is 17.4 Å². The van der Waals surface area contributed by atoms with Gasteiger partial charge >= 0.3 is 0 Å². The fourth-order valence-corrected chi connectivity index (χ4v) is 3.91. The zero-order valence-electron chi connectivity index (χ0n) is 23.1. The molecule has 3 aromatic rings. The van der Waals surface area contributed by atoms with E-state index in [-0.39, 0.29) is 5.91 Å². The van der Waals surface area contributed by atoms with E-state index in [9.17, 15) is 4.79 Å². The second kappa shape index (κ2) is 13.7. The number of nitrogens with one attached hydrogen (secondary N) is 1. The Morgan fingerprint density at radius 1 is 0.590 bits per heavy atom. The summed E-state index contributed by atoms with van der Waals surface area (Å²) in [5.74, 6) is 3.18. The molecule has 39 heavy (non-hydrogen) atoms. The molecule has 0 atom stereocenters. The number of carbonyl (C=O) groups excluding carboxylic acids is 1. The number of rotatable bonds is 12. The summed E-state index contributed by atoms with van der Waals surface area (Å²) >= 11 is 0. The molecule has 3 aromatic carbocycles. The fourth-order valence-electron chi connectivity index (χ4n) is 3.91. The molecule has 0 aliphatic heterocycles. The predicted octanol–water partition coefficient (Wildman–Crippen LogP) is 5.57. The SMILES string of the molecule is COc1cccc(/C=C/c2cc(OC)c(OC)c(OC)c2)c1NC(=O)/C=C/c1cc(OC)c(OC)c(OC)c1. The Bertz CT molecular complexity index is 1310. The number of carbonyl (C=O) groups is 1. The Morgan fingerprint density at radius 2 is 1.05 bits per heavy atom. The van der Waals surface area contributed by atoms with Crippen molar-refractivity contribution in [2.24, 2.45) is 0 Å². The predicted molar refractivity (Wildman–Crippen MR) is 152 cm³/mol. The molecule has 0 bridgehead atoms. The second-order valence-corrected chi connectivity index (χ2v) is 8.00. The molecular formula is C30H33NO8. The highest BCUT2D eigenvalue weighted by Gasteiger charge is 2.14. The Hall–Kier alpha value is -4.79. The minimum Gasteiger partial charge on any atom is -0.495 e.